The van der Waals surface area contributed by atoms with Gasteiger partial charge < -0.3 is 9.84 Å². The van der Waals surface area contributed by atoms with E-state index in [0.717, 1.165) is 24.2 Å². The molecule has 0 fully saturated rings. The number of unbranched alkanes of at least 4 members (excludes halogenated alkanes) is 1. The third-order valence-corrected chi connectivity index (χ3v) is 3.22. The van der Waals surface area contributed by atoms with Crippen molar-refractivity contribution in [2.24, 2.45) is 7.05 Å². The second-order valence-corrected chi connectivity index (χ2v) is 4.87. The Morgan fingerprint density at radius 3 is 2.62 bits per heavy atom. The second kappa shape index (κ2) is 7.04. The Morgan fingerprint density at radius 2 is 2.00 bits per heavy atom. The number of aliphatic hydroxyl groups is 1. The number of rotatable bonds is 6. The van der Waals surface area contributed by atoms with Crippen LogP contribution in [0.5, 0.6) is 5.75 Å². The average molecular weight is 288 g/mol. The van der Waals surface area contributed by atoms with Crippen LogP contribution in [0, 0.1) is 0 Å². The van der Waals surface area contributed by atoms with Crippen molar-refractivity contribution < 1.29 is 9.84 Å². The Morgan fingerprint density at radius 1 is 1.29 bits per heavy atom. The molecule has 0 spiro atoms. The highest BCUT2D eigenvalue weighted by Crippen LogP contribution is 2.20. The van der Waals surface area contributed by atoms with Crippen LogP contribution in [-0.4, -0.2) is 21.5 Å². The lowest BCUT2D eigenvalue weighted by atomic mass is 10.1. The molecule has 0 saturated carbocycles. The highest BCUT2D eigenvalue weighted by atomic mass is 16.5. The van der Waals surface area contributed by atoms with Gasteiger partial charge in [0, 0.05) is 18.2 Å². The van der Waals surface area contributed by atoms with Gasteiger partial charge in [-0.15, -0.1) is 0 Å². The molecule has 0 radical (unpaired) electrons. The topological polar surface area (TPSA) is 64.3 Å². The molecule has 1 aromatic carbocycles. The molecule has 0 saturated heterocycles. The SMILES string of the molecule is CCCCOc1ccc(-c2cc(CO)c(=O)n(C)n2)cc1. The number of aliphatic hydroxyl groups excluding tert-OH is 1. The molecule has 5 nitrogen and oxygen atoms in total. The number of hydrogen-bond acceptors (Lipinski definition) is 4. The van der Waals surface area contributed by atoms with Gasteiger partial charge in [0.25, 0.3) is 5.56 Å². The summed E-state index contributed by atoms with van der Waals surface area (Å²) >= 11 is 0. The fourth-order valence-corrected chi connectivity index (χ4v) is 1.98. The van der Waals surface area contributed by atoms with Crippen LogP contribution in [0.1, 0.15) is 25.3 Å². The number of aromatic nitrogens is 2. The summed E-state index contributed by atoms with van der Waals surface area (Å²) < 4.78 is 6.85. The fraction of sp³-hybridized carbons (Fsp3) is 0.375. The van der Waals surface area contributed by atoms with Gasteiger partial charge in [-0.05, 0) is 36.8 Å². The Labute approximate surface area is 123 Å². The Balaban J connectivity index is 2.22. The molecule has 112 valence electrons. The standard InChI is InChI=1S/C16H20N2O3/c1-3-4-9-21-14-7-5-12(6-8-14)15-10-13(11-19)16(20)18(2)17-15/h5-8,10,19H,3-4,9,11H2,1-2H3. The summed E-state index contributed by atoms with van der Waals surface area (Å²) in [5.41, 5.74) is 1.59. The number of aryl methyl sites for hydroxylation is 1. The molecule has 21 heavy (non-hydrogen) atoms. The van der Waals surface area contributed by atoms with E-state index in [9.17, 15) is 9.90 Å². The first-order valence-electron chi connectivity index (χ1n) is 7.07. The van der Waals surface area contributed by atoms with Gasteiger partial charge in [0.2, 0.25) is 0 Å². The molecule has 0 amide bonds. The van der Waals surface area contributed by atoms with E-state index >= 15 is 0 Å². The van der Waals surface area contributed by atoms with E-state index in [4.69, 9.17) is 4.74 Å². The smallest absolute Gasteiger partial charge is 0.272 e. The van der Waals surface area contributed by atoms with Gasteiger partial charge in [-0.1, -0.05) is 13.3 Å². The summed E-state index contributed by atoms with van der Waals surface area (Å²) in [6.07, 6.45) is 2.13. The van der Waals surface area contributed by atoms with Crippen LogP contribution < -0.4 is 10.3 Å². The van der Waals surface area contributed by atoms with Crippen molar-refractivity contribution in [1.82, 2.24) is 9.78 Å². The summed E-state index contributed by atoms with van der Waals surface area (Å²) in [4.78, 5) is 11.7. The van der Waals surface area contributed by atoms with E-state index in [2.05, 4.69) is 12.0 Å². The van der Waals surface area contributed by atoms with Crippen LogP contribution in [0.4, 0.5) is 0 Å². The molecule has 2 aromatic rings. The molecule has 0 bridgehead atoms. The Hall–Kier alpha value is -2.14. The van der Waals surface area contributed by atoms with Crippen molar-refractivity contribution in [1.29, 1.82) is 0 Å². The van der Waals surface area contributed by atoms with E-state index in [1.165, 1.54) is 4.68 Å². The molecular weight excluding hydrogens is 268 g/mol. The molecule has 0 unspecified atom stereocenters. The molecule has 0 aliphatic rings. The van der Waals surface area contributed by atoms with E-state index in [1.54, 1.807) is 13.1 Å². The molecule has 1 aromatic heterocycles. The van der Waals surface area contributed by atoms with Gasteiger partial charge in [-0.3, -0.25) is 4.79 Å². The lowest BCUT2D eigenvalue weighted by molar-refractivity contribution is 0.279. The minimum absolute atomic E-state index is 0.277. The summed E-state index contributed by atoms with van der Waals surface area (Å²) in [7, 11) is 1.58. The minimum Gasteiger partial charge on any atom is -0.494 e. The lowest BCUT2D eigenvalue weighted by Crippen LogP contribution is -2.23. The fourth-order valence-electron chi connectivity index (χ4n) is 1.98. The van der Waals surface area contributed by atoms with E-state index in [-0.39, 0.29) is 12.2 Å². The lowest BCUT2D eigenvalue weighted by Gasteiger charge is -2.08. The van der Waals surface area contributed by atoms with E-state index < -0.39 is 0 Å². The zero-order valence-corrected chi connectivity index (χ0v) is 12.4. The molecule has 5 heteroatoms. The number of ether oxygens (including phenoxy) is 1. The molecule has 0 aliphatic carbocycles. The van der Waals surface area contributed by atoms with Crippen molar-refractivity contribution >= 4 is 0 Å². The third kappa shape index (κ3) is 3.70. The maximum atomic E-state index is 11.7. The van der Waals surface area contributed by atoms with Gasteiger partial charge in [0.1, 0.15) is 5.75 Å². The van der Waals surface area contributed by atoms with Crippen LogP contribution >= 0.6 is 0 Å². The molecule has 1 heterocycles. The zero-order chi connectivity index (χ0) is 15.2. The Bertz CT molecular complexity index is 648. The molecule has 2 rings (SSSR count). The van der Waals surface area contributed by atoms with Crippen molar-refractivity contribution in [3.05, 3.63) is 46.2 Å². The van der Waals surface area contributed by atoms with Crippen molar-refractivity contribution in [2.75, 3.05) is 6.61 Å². The first-order valence-corrected chi connectivity index (χ1v) is 7.07. The van der Waals surface area contributed by atoms with Gasteiger partial charge >= 0.3 is 0 Å². The van der Waals surface area contributed by atoms with Crippen molar-refractivity contribution in [3.8, 4) is 17.0 Å². The number of nitrogens with zero attached hydrogens (tertiary/aromatic N) is 2. The maximum Gasteiger partial charge on any atom is 0.272 e. The van der Waals surface area contributed by atoms with Gasteiger partial charge in [-0.2, -0.15) is 5.10 Å². The van der Waals surface area contributed by atoms with Gasteiger partial charge in [-0.25, -0.2) is 4.68 Å². The molecular formula is C16H20N2O3. The number of benzene rings is 1. The zero-order valence-electron chi connectivity index (χ0n) is 12.4. The highest BCUT2D eigenvalue weighted by Gasteiger charge is 2.07. The highest BCUT2D eigenvalue weighted by molar-refractivity contribution is 5.60. The van der Waals surface area contributed by atoms with Crippen molar-refractivity contribution in [2.45, 2.75) is 26.4 Å². The minimum atomic E-state index is -0.291. The predicted molar refractivity (Wildman–Crippen MR) is 81.2 cm³/mol. The van der Waals surface area contributed by atoms with E-state index in [1.807, 2.05) is 24.3 Å². The largest absolute Gasteiger partial charge is 0.494 e. The second-order valence-electron chi connectivity index (χ2n) is 4.87. The monoisotopic (exact) mass is 288 g/mol. The summed E-state index contributed by atoms with van der Waals surface area (Å²) in [5.74, 6) is 0.819. The summed E-state index contributed by atoms with van der Waals surface area (Å²) in [6.45, 7) is 2.54. The predicted octanol–water partition coefficient (Wildman–Crippen LogP) is 2.12. The summed E-state index contributed by atoms with van der Waals surface area (Å²) in [5, 5.41) is 13.4. The van der Waals surface area contributed by atoms with Crippen LogP contribution in [-0.2, 0) is 13.7 Å². The molecule has 1 N–H and O–H groups in total. The van der Waals surface area contributed by atoms with Gasteiger partial charge in [0.05, 0.1) is 18.9 Å². The van der Waals surface area contributed by atoms with E-state index in [0.29, 0.717) is 17.9 Å². The molecule has 0 atom stereocenters. The third-order valence-electron chi connectivity index (χ3n) is 3.22. The van der Waals surface area contributed by atoms with Crippen molar-refractivity contribution in [3.63, 3.8) is 0 Å². The normalized spacial score (nSPS) is 10.6. The average Bonchev–Trinajstić information content (AvgIpc) is 2.51. The first-order chi connectivity index (χ1) is 10.2. The van der Waals surface area contributed by atoms with Crippen LogP contribution in [0.2, 0.25) is 0 Å². The quantitative estimate of drug-likeness (QED) is 0.827. The van der Waals surface area contributed by atoms with Crippen LogP contribution in [0.15, 0.2) is 35.1 Å². The Kier molecular flexibility index (Phi) is 5.11. The number of hydrogen-bond donors (Lipinski definition) is 1. The first kappa shape index (κ1) is 15.3. The van der Waals surface area contributed by atoms with Crippen LogP contribution in [0.25, 0.3) is 11.3 Å². The van der Waals surface area contributed by atoms with Crippen LogP contribution in [0.3, 0.4) is 0 Å². The van der Waals surface area contributed by atoms with Gasteiger partial charge in [0.15, 0.2) is 0 Å². The summed E-state index contributed by atoms with van der Waals surface area (Å²) in [6, 6.07) is 9.19. The maximum absolute atomic E-state index is 11.7. The molecule has 0 aliphatic heterocycles.